The van der Waals surface area contributed by atoms with E-state index in [0.717, 1.165) is 30.3 Å². The van der Waals surface area contributed by atoms with Crippen molar-refractivity contribution < 1.29 is 0 Å². The molecule has 21 heavy (non-hydrogen) atoms. The molecule has 0 radical (unpaired) electrons. The molecule has 0 N–H and O–H groups in total. The topological polar surface area (TPSA) is 59.7 Å². The van der Waals surface area contributed by atoms with E-state index >= 15 is 0 Å². The number of benzene rings is 1. The third-order valence-corrected chi connectivity index (χ3v) is 3.22. The minimum Gasteiger partial charge on any atom is -0.342 e. The molecule has 1 aromatic carbocycles. The van der Waals surface area contributed by atoms with Gasteiger partial charge in [-0.15, -0.1) is 0 Å². The molecule has 6 heteroatoms. The van der Waals surface area contributed by atoms with E-state index in [9.17, 15) is 0 Å². The van der Waals surface area contributed by atoms with Crippen molar-refractivity contribution in [2.75, 3.05) is 18.5 Å². The molecule has 0 aliphatic rings. The maximum Gasteiger partial charge on any atom is 0.250 e. The fraction of sp³-hybridized carbons (Fsp3) is 0.200. The minimum absolute atomic E-state index is 0.720. The van der Waals surface area contributed by atoms with Crippen molar-refractivity contribution in [2.24, 2.45) is 0 Å². The molecule has 0 aliphatic carbocycles. The first-order chi connectivity index (χ1) is 10.3. The first-order valence-corrected chi connectivity index (χ1v) is 6.79. The summed E-state index contributed by atoms with van der Waals surface area (Å²) >= 11 is 0. The van der Waals surface area contributed by atoms with E-state index < -0.39 is 0 Å². The molecule has 0 amide bonds. The van der Waals surface area contributed by atoms with Crippen LogP contribution in [0.3, 0.4) is 0 Å². The van der Waals surface area contributed by atoms with E-state index in [1.54, 1.807) is 4.68 Å². The highest BCUT2D eigenvalue weighted by Crippen LogP contribution is 2.14. The van der Waals surface area contributed by atoms with Crippen molar-refractivity contribution in [3.05, 3.63) is 60.4 Å². The number of likely N-dealkylation sites (N-methyl/N-ethyl adjacent to an activating group) is 1. The van der Waals surface area contributed by atoms with Gasteiger partial charge in [-0.05, 0) is 34.7 Å². The van der Waals surface area contributed by atoms with E-state index in [1.807, 2.05) is 66.7 Å². The third kappa shape index (κ3) is 3.05. The Morgan fingerprint density at radius 2 is 1.86 bits per heavy atom. The summed E-state index contributed by atoms with van der Waals surface area (Å²) in [5, 5.41) is 12.0. The zero-order valence-electron chi connectivity index (χ0n) is 11.8. The number of tetrazole rings is 1. The van der Waals surface area contributed by atoms with Gasteiger partial charge in [-0.2, -0.15) is 4.68 Å². The first-order valence-electron chi connectivity index (χ1n) is 6.79. The summed E-state index contributed by atoms with van der Waals surface area (Å²) in [7, 11) is 1.98. The van der Waals surface area contributed by atoms with Gasteiger partial charge in [0, 0.05) is 31.9 Å². The Labute approximate surface area is 123 Å². The standard InChI is InChI=1S/C15H16N6/c1-20(12-10-13-7-5-6-11-16-13)15-17-18-19-21(15)14-8-3-2-4-9-14/h2-9,11H,10,12H2,1H3. The molecule has 0 spiro atoms. The normalized spacial score (nSPS) is 10.5. The first kappa shape index (κ1) is 13.2. The second-order valence-corrected chi connectivity index (χ2v) is 4.72. The van der Waals surface area contributed by atoms with Crippen molar-refractivity contribution in [1.82, 2.24) is 25.2 Å². The van der Waals surface area contributed by atoms with Gasteiger partial charge in [0.1, 0.15) is 0 Å². The van der Waals surface area contributed by atoms with Crippen LogP contribution in [0.2, 0.25) is 0 Å². The Balaban J connectivity index is 1.74. The van der Waals surface area contributed by atoms with E-state index in [0.29, 0.717) is 0 Å². The fourth-order valence-corrected chi connectivity index (χ4v) is 2.08. The smallest absolute Gasteiger partial charge is 0.250 e. The quantitative estimate of drug-likeness (QED) is 0.712. The summed E-state index contributed by atoms with van der Waals surface area (Å²) in [6.07, 6.45) is 2.66. The molecule has 3 aromatic rings. The number of anilines is 1. The molecule has 0 unspecified atom stereocenters. The Bertz CT molecular complexity index is 680. The lowest BCUT2D eigenvalue weighted by Gasteiger charge is -2.17. The number of hydrogen-bond donors (Lipinski definition) is 0. The second kappa shape index (κ2) is 6.13. The van der Waals surface area contributed by atoms with Gasteiger partial charge in [-0.25, -0.2) is 0 Å². The molecule has 2 heterocycles. The third-order valence-electron chi connectivity index (χ3n) is 3.22. The summed E-state index contributed by atoms with van der Waals surface area (Å²) in [4.78, 5) is 6.36. The average molecular weight is 280 g/mol. The van der Waals surface area contributed by atoms with Crippen molar-refractivity contribution in [1.29, 1.82) is 0 Å². The lowest BCUT2D eigenvalue weighted by Crippen LogP contribution is -2.24. The van der Waals surface area contributed by atoms with Gasteiger partial charge in [0.25, 0.3) is 0 Å². The zero-order valence-corrected chi connectivity index (χ0v) is 11.8. The van der Waals surface area contributed by atoms with Gasteiger partial charge < -0.3 is 4.90 Å². The Kier molecular flexibility index (Phi) is 3.86. The summed E-state index contributed by atoms with van der Waals surface area (Å²) < 4.78 is 1.73. The van der Waals surface area contributed by atoms with Crippen LogP contribution in [0.15, 0.2) is 54.7 Å². The van der Waals surface area contributed by atoms with Crippen molar-refractivity contribution in [3.63, 3.8) is 0 Å². The summed E-state index contributed by atoms with van der Waals surface area (Å²) in [6, 6.07) is 15.8. The van der Waals surface area contributed by atoms with Gasteiger partial charge in [-0.1, -0.05) is 29.4 Å². The van der Waals surface area contributed by atoms with Gasteiger partial charge in [-0.3, -0.25) is 4.98 Å². The monoisotopic (exact) mass is 280 g/mol. The minimum atomic E-state index is 0.720. The second-order valence-electron chi connectivity index (χ2n) is 4.72. The van der Waals surface area contributed by atoms with Crippen LogP contribution < -0.4 is 4.90 Å². The van der Waals surface area contributed by atoms with E-state index in [1.165, 1.54) is 0 Å². The summed E-state index contributed by atoms with van der Waals surface area (Å²) in [5.41, 5.74) is 2.00. The number of aromatic nitrogens is 5. The number of pyridine rings is 1. The van der Waals surface area contributed by atoms with Crippen LogP contribution >= 0.6 is 0 Å². The van der Waals surface area contributed by atoms with Crippen molar-refractivity contribution in [2.45, 2.75) is 6.42 Å². The highest BCUT2D eigenvalue weighted by atomic mass is 15.6. The molecule has 0 bridgehead atoms. The van der Waals surface area contributed by atoms with Crippen LogP contribution in [0.4, 0.5) is 5.95 Å². The molecule has 0 saturated carbocycles. The highest BCUT2D eigenvalue weighted by molar-refractivity contribution is 5.39. The van der Waals surface area contributed by atoms with Crippen LogP contribution in [0, 0.1) is 0 Å². The SMILES string of the molecule is CN(CCc1ccccn1)c1nnnn1-c1ccccc1. The van der Waals surface area contributed by atoms with E-state index in [-0.39, 0.29) is 0 Å². The van der Waals surface area contributed by atoms with E-state index in [4.69, 9.17) is 0 Å². The fourth-order valence-electron chi connectivity index (χ4n) is 2.08. The van der Waals surface area contributed by atoms with Gasteiger partial charge >= 0.3 is 0 Å². The highest BCUT2D eigenvalue weighted by Gasteiger charge is 2.12. The molecule has 106 valence electrons. The Morgan fingerprint density at radius 1 is 1.05 bits per heavy atom. The van der Waals surface area contributed by atoms with Crippen molar-refractivity contribution in [3.8, 4) is 5.69 Å². The van der Waals surface area contributed by atoms with Gasteiger partial charge in [0.15, 0.2) is 0 Å². The predicted molar refractivity (Wildman–Crippen MR) is 80.4 cm³/mol. The summed E-state index contributed by atoms with van der Waals surface area (Å²) in [5.74, 6) is 0.720. The lowest BCUT2D eigenvalue weighted by molar-refractivity contribution is 0.764. The molecule has 0 atom stereocenters. The number of hydrogen-bond acceptors (Lipinski definition) is 5. The molecule has 6 nitrogen and oxygen atoms in total. The zero-order chi connectivity index (χ0) is 14.5. The number of rotatable bonds is 5. The van der Waals surface area contributed by atoms with Gasteiger partial charge in [0.05, 0.1) is 5.69 Å². The molecule has 0 fully saturated rings. The molecule has 2 aromatic heterocycles. The largest absolute Gasteiger partial charge is 0.342 e. The van der Waals surface area contributed by atoms with E-state index in [2.05, 4.69) is 20.5 Å². The lowest BCUT2D eigenvalue weighted by atomic mass is 10.2. The average Bonchev–Trinajstić information content (AvgIpc) is 3.04. The Morgan fingerprint density at radius 3 is 2.62 bits per heavy atom. The van der Waals surface area contributed by atoms with Crippen molar-refractivity contribution >= 4 is 5.95 Å². The number of para-hydroxylation sites is 1. The number of nitrogens with zero attached hydrogens (tertiary/aromatic N) is 6. The van der Waals surface area contributed by atoms with Crippen LogP contribution in [0.1, 0.15) is 5.69 Å². The molecule has 0 aliphatic heterocycles. The van der Waals surface area contributed by atoms with Crippen LogP contribution in [0.25, 0.3) is 5.69 Å². The summed E-state index contributed by atoms with van der Waals surface area (Å²) in [6.45, 7) is 0.796. The maximum absolute atomic E-state index is 4.33. The predicted octanol–water partition coefficient (Wildman–Crippen LogP) is 1.74. The van der Waals surface area contributed by atoms with Crippen LogP contribution in [-0.2, 0) is 6.42 Å². The molecule has 3 rings (SSSR count). The molecule has 0 saturated heterocycles. The Hall–Kier alpha value is -2.76. The van der Waals surface area contributed by atoms with Crippen LogP contribution in [-0.4, -0.2) is 38.8 Å². The maximum atomic E-state index is 4.33. The molecular weight excluding hydrogens is 264 g/mol. The van der Waals surface area contributed by atoms with Crippen LogP contribution in [0.5, 0.6) is 0 Å². The van der Waals surface area contributed by atoms with Gasteiger partial charge in [0.2, 0.25) is 5.95 Å². The molecular formula is C15H16N6.